The van der Waals surface area contributed by atoms with E-state index in [-0.39, 0.29) is 11.8 Å². The van der Waals surface area contributed by atoms with E-state index in [1.165, 1.54) is 0 Å². The van der Waals surface area contributed by atoms with E-state index < -0.39 is 0 Å². The van der Waals surface area contributed by atoms with E-state index in [0.29, 0.717) is 51.7 Å². The lowest BCUT2D eigenvalue weighted by Crippen LogP contribution is -2.49. The van der Waals surface area contributed by atoms with Crippen LogP contribution < -0.4 is 10.2 Å². The van der Waals surface area contributed by atoms with Crippen molar-refractivity contribution in [3.05, 3.63) is 18.5 Å². The molecule has 2 heterocycles. The number of carbonyl (C=O) groups is 2. The minimum Gasteiger partial charge on any atom is -0.385 e. The summed E-state index contributed by atoms with van der Waals surface area (Å²) in [5, 5.41) is 2.85. The highest BCUT2D eigenvalue weighted by molar-refractivity contribution is 5.78. The number of piperazine rings is 1. The van der Waals surface area contributed by atoms with Crippen molar-refractivity contribution in [1.82, 2.24) is 25.1 Å². The van der Waals surface area contributed by atoms with Gasteiger partial charge in [-0.25, -0.2) is 9.97 Å². The quantitative estimate of drug-likeness (QED) is 0.554. The molecule has 1 saturated heterocycles. The van der Waals surface area contributed by atoms with Crippen molar-refractivity contribution in [2.24, 2.45) is 0 Å². The number of hydrogen-bond donors (Lipinski definition) is 1. The number of ether oxygens (including phenoxy) is 1. The molecule has 1 N–H and O–H groups in total. The summed E-state index contributed by atoms with van der Waals surface area (Å²) in [5.74, 6) is 0.800. The Hall–Kier alpha value is -2.26. The lowest BCUT2D eigenvalue weighted by Gasteiger charge is -2.35. The van der Waals surface area contributed by atoms with Gasteiger partial charge in [0.15, 0.2) is 0 Å². The molecular formula is C18H30N6O3. The molecule has 1 aliphatic heterocycles. The van der Waals surface area contributed by atoms with E-state index in [4.69, 9.17) is 4.74 Å². The topological polar surface area (TPSA) is 90.9 Å². The number of nitrogens with one attached hydrogen (secondary N) is 1. The number of aromatic nitrogens is 2. The summed E-state index contributed by atoms with van der Waals surface area (Å²) >= 11 is 0. The number of amides is 2. The maximum Gasteiger partial charge on any atom is 0.234 e. The molecule has 1 aliphatic rings. The fourth-order valence-corrected chi connectivity index (χ4v) is 2.88. The monoisotopic (exact) mass is 378 g/mol. The van der Waals surface area contributed by atoms with Crippen LogP contribution >= 0.6 is 0 Å². The van der Waals surface area contributed by atoms with Crippen molar-refractivity contribution in [2.75, 3.05) is 71.5 Å². The molecule has 2 rings (SSSR count). The van der Waals surface area contributed by atoms with E-state index >= 15 is 0 Å². The Bertz CT molecular complexity index is 578. The first kappa shape index (κ1) is 21.0. The summed E-state index contributed by atoms with van der Waals surface area (Å²) in [6.07, 6.45) is 4.66. The molecule has 0 bridgehead atoms. The average molecular weight is 378 g/mol. The lowest BCUT2D eigenvalue weighted by atomic mass is 10.2. The van der Waals surface area contributed by atoms with Gasteiger partial charge in [-0.2, -0.15) is 0 Å². The second-order valence-corrected chi connectivity index (χ2v) is 6.60. The zero-order valence-electron chi connectivity index (χ0n) is 16.3. The van der Waals surface area contributed by atoms with E-state index in [1.807, 2.05) is 16.8 Å². The van der Waals surface area contributed by atoms with Crippen LogP contribution in [-0.2, 0) is 14.3 Å². The minimum absolute atomic E-state index is 0.0301. The Balaban J connectivity index is 1.62. The third kappa shape index (κ3) is 7.48. The largest absolute Gasteiger partial charge is 0.385 e. The number of rotatable bonds is 10. The third-order valence-electron chi connectivity index (χ3n) is 4.44. The SMILES string of the molecule is COCCCNC(=O)CN(C)CCC(=O)N1CCN(c2ncccn2)CC1. The van der Waals surface area contributed by atoms with E-state index in [2.05, 4.69) is 20.2 Å². The predicted octanol–water partition coefficient (Wildman–Crippen LogP) is -0.400. The minimum atomic E-state index is -0.0301. The fourth-order valence-electron chi connectivity index (χ4n) is 2.88. The molecule has 9 heteroatoms. The molecular weight excluding hydrogens is 348 g/mol. The maximum absolute atomic E-state index is 12.4. The van der Waals surface area contributed by atoms with Gasteiger partial charge < -0.3 is 19.9 Å². The molecule has 0 aromatic carbocycles. The van der Waals surface area contributed by atoms with Crippen LogP contribution in [0.4, 0.5) is 5.95 Å². The highest BCUT2D eigenvalue weighted by Gasteiger charge is 2.22. The summed E-state index contributed by atoms with van der Waals surface area (Å²) in [7, 11) is 3.49. The van der Waals surface area contributed by atoms with Crippen molar-refractivity contribution < 1.29 is 14.3 Å². The molecule has 1 fully saturated rings. The second kappa shape index (κ2) is 11.5. The van der Waals surface area contributed by atoms with Crippen LogP contribution in [0.5, 0.6) is 0 Å². The lowest BCUT2D eigenvalue weighted by molar-refractivity contribution is -0.132. The van der Waals surface area contributed by atoms with Crippen LogP contribution in [0.2, 0.25) is 0 Å². The van der Waals surface area contributed by atoms with Crippen molar-refractivity contribution in [3.63, 3.8) is 0 Å². The molecule has 9 nitrogen and oxygen atoms in total. The van der Waals surface area contributed by atoms with Gasteiger partial charge in [0, 0.05) is 71.8 Å². The van der Waals surface area contributed by atoms with Gasteiger partial charge in [0.05, 0.1) is 6.54 Å². The average Bonchev–Trinajstić information content (AvgIpc) is 2.70. The number of carbonyl (C=O) groups excluding carboxylic acids is 2. The van der Waals surface area contributed by atoms with Crippen LogP contribution in [0, 0.1) is 0 Å². The Morgan fingerprint density at radius 3 is 2.59 bits per heavy atom. The highest BCUT2D eigenvalue weighted by atomic mass is 16.5. The molecule has 27 heavy (non-hydrogen) atoms. The standard InChI is InChI=1S/C18H30N6O3/c1-22(15-16(25)19-8-4-14-27-2)9-5-17(26)23-10-12-24(13-11-23)18-20-6-3-7-21-18/h3,6-7H,4-5,8-15H2,1-2H3,(H,19,25). The smallest absolute Gasteiger partial charge is 0.234 e. The van der Waals surface area contributed by atoms with Gasteiger partial charge in [-0.15, -0.1) is 0 Å². The normalized spacial score (nSPS) is 14.5. The van der Waals surface area contributed by atoms with Crippen LogP contribution in [0.15, 0.2) is 18.5 Å². The molecule has 0 saturated carbocycles. The molecule has 1 aromatic rings. The van der Waals surface area contributed by atoms with Gasteiger partial charge in [-0.1, -0.05) is 0 Å². The second-order valence-electron chi connectivity index (χ2n) is 6.60. The molecule has 0 aliphatic carbocycles. The van der Waals surface area contributed by atoms with E-state index in [1.54, 1.807) is 25.6 Å². The maximum atomic E-state index is 12.4. The van der Waals surface area contributed by atoms with Crippen LogP contribution in [0.25, 0.3) is 0 Å². The predicted molar refractivity (Wildman–Crippen MR) is 102 cm³/mol. The van der Waals surface area contributed by atoms with Crippen molar-refractivity contribution in [3.8, 4) is 0 Å². The molecule has 0 radical (unpaired) electrons. The Labute approximate surface area is 160 Å². The van der Waals surface area contributed by atoms with Crippen LogP contribution in [-0.4, -0.2) is 98.2 Å². The van der Waals surface area contributed by atoms with E-state index in [9.17, 15) is 9.59 Å². The molecule has 2 amide bonds. The number of nitrogens with zero attached hydrogens (tertiary/aromatic N) is 5. The fraction of sp³-hybridized carbons (Fsp3) is 0.667. The van der Waals surface area contributed by atoms with Gasteiger partial charge in [0.2, 0.25) is 17.8 Å². The third-order valence-corrected chi connectivity index (χ3v) is 4.44. The zero-order valence-corrected chi connectivity index (χ0v) is 16.3. The van der Waals surface area contributed by atoms with Crippen molar-refractivity contribution in [2.45, 2.75) is 12.8 Å². The first-order valence-corrected chi connectivity index (χ1v) is 9.34. The first-order valence-electron chi connectivity index (χ1n) is 9.34. The molecule has 0 spiro atoms. The molecule has 1 aromatic heterocycles. The van der Waals surface area contributed by atoms with Gasteiger partial charge in [-0.3, -0.25) is 14.5 Å². The number of methoxy groups -OCH3 is 1. The summed E-state index contributed by atoms with van der Waals surface area (Å²) in [6, 6.07) is 1.79. The Morgan fingerprint density at radius 1 is 1.22 bits per heavy atom. The summed E-state index contributed by atoms with van der Waals surface area (Å²) in [4.78, 5) is 38.6. The Kier molecular flexibility index (Phi) is 8.93. The first-order chi connectivity index (χ1) is 13.1. The molecule has 0 atom stereocenters. The molecule has 150 valence electrons. The van der Waals surface area contributed by atoms with Crippen molar-refractivity contribution in [1.29, 1.82) is 0 Å². The number of hydrogen-bond acceptors (Lipinski definition) is 7. The van der Waals surface area contributed by atoms with Gasteiger partial charge in [0.1, 0.15) is 0 Å². The Morgan fingerprint density at radius 2 is 1.93 bits per heavy atom. The van der Waals surface area contributed by atoms with Gasteiger partial charge >= 0.3 is 0 Å². The summed E-state index contributed by atoms with van der Waals surface area (Å²) in [5.41, 5.74) is 0. The van der Waals surface area contributed by atoms with Gasteiger partial charge in [-0.05, 0) is 19.5 Å². The zero-order chi connectivity index (χ0) is 19.5. The number of likely N-dealkylation sites (N-methyl/N-ethyl adjacent to an activating group) is 1. The molecule has 0 unspecified atom stereocenters. The highest BCUT2D eigenvalue weighted by Crippen LogP contribution is 2.10. The van der Waals surface area contributed by atoms with E-state index in [0.717, 1.165) is 19.5 Å². The summed E-state index contributed by atoms with van der Waals surface area (Å²) < 4.78 is 4.95. The van der Waals surface area contributed by atoms with Crippen molar-refractivity contribution >= 4 is 17.8 Å². The van der Waals surface area contributed by atoms with Crippen LogP contribution in [0.1, 0.15) is 12.8 Å². The van der Waals surface area contributed by atoms with Gasteiger partial charge in [0.25, 0.3) is 0 Å². The number of anilines is 1. The summed E-state index contributed by atoms with van der Waals surface area (Å²) in [6.45, 7) is 4.89. The van der Waals surface area contributed by atoms with Crippen LogP contribution in [0.3, 0.4) is 0 Å².